The fraction of sp³-hybridized carbons (Fsp3) is 0.192. The van der Waals surface area contributed by atoms with Crippen molar-refractivity contribution in [2.45, 2.75) is 27.2 Å². The highest BCUT2D eigenvalue weighted by Crippen LogP contribution is 2.36. The highest BCUT2D eigenvalue weighted by molar-refractivity contribution is 8.14. The Morgan fingerprint density at radius 2 is 1.59 bits per heavy atom. The van der Waals surface area contributed by atoms with E-state index in [0.29, 0.717) is 6.42 Å². The first-order valence-electron chi connectivity index (χ1n) is 10.4. The van der Waals surface area contributed by atoms with Gasteiger partial charge in [0.05, 0.1) is 27.9 Å². The fourth-order valence-corrected chi connectivity index (χ4v) is 4.18. The van der Waals surface area contributed by atoms with Crippen LogP contribution in [-0.2, 0) is 4.79 Å². The van der Waals surface area contributed by atoms with E-state index in [1.807, 2.05) is 57.2 Å². The molecule has 0 aliphatic carbocycles. The van der Waals surface area contributed by atoms with Crippen molar-refractivity contribution in [2.75, 3.05) is 11.1 Å². The van der Waals surface area contributed by atoms with E-state index >= 15 is 0 Å². The van der Waals surface area contributed by atoms with Gasteiger partial charge in [0.2, 0.25) is 5.91 Å². The van der Waals surface area contributed by atoms with Crippen molar-refractivity contribution in [1.29, 1.82) is 0 Å². The smallest absolute Gasteiger partial charge is 0.234 e. The second-order valence-corrected chi connectivity index (χ2v) is 8.87. The molecule has 1 amide bonds. The predicted molar refractivity (Wildman–Crippen MR) is 132 cm³/mol. The Labute approximate surface area is 191 Å². The number of benzene rings is 3. The first-order valence-corrected chi connectivity index (χ1v) is 11.4. The van der Waals surface area contributed by atoms with Crippen molar-refractivity contribution in [3.63, 3.8) is 0 Å². The van der Waals surface area contributed by atoms with Crippen LogP contribution in [0.25, 0.3) is 0 Å². The van der Waals surface area contributed by atoms with E-state index in [-0.39, 0.29) is 17.5 Å². The second kappa shape index (κ2) is 9.49. The van der Waals surface area contributed by atoms with E-state index in [2.05, 4.69) is 5.32 Å². The third-order valence-corrected chi connectivity index (χ3v) is 6.35. The van der Waals surface area contributed by atoms with Gasteiger partial charge in [-0.2, -0.15) is 0 Å². The van der Waals surface area contributed by atoms with Crippen LogP contribution in [0.1, 0.15) is 28.7 Å². The zero-order valence-corrected chi connectivity index (χ0v) is 19.1. The number of halogens is 1. The van der Waals surface area contributed by atoms with E-state index < -0.39 is 0 Å². The maximum atomic E-state index is 13.5. The highest BCUT2D eigenvalue weighted by atomic mass is 32.2. The Bertz CT molecular complexity index is 1230. The van der Waals surface area contributed by atoms with Crippen LogP contribution in [0, 0.1) is 26.6 Å². The monoisotopic (exact) mass is 445 g/mol. The lowest BCUT2D eigenvalue weighted by Gasteiger charge is -2.09. The summed E-state index contributed by atoms with van der Waals surface area (Å²) in [7, 11) is 0. The molecule has 0 unspecified atom stereocenters. The predicted octanol–water partition coefficient (Wildman–Crippen LogP) is 6.68. The van der Waals surface area contributed by atoms with Crippen molar-refractivity contribution in [1.82, 2.24) is 0 Å². The summed E-state index contributed by atoms with van der Waals surface area (Å²) < 4.78 is 13.5. The zero-order chi connectivity index (χ0) is 22.7. The molecule has 0 atom stereocenters. The number of carbonyl (C=O) groups is 1. The van der Waals surface area contributed by atoms with Crippen molar-refractivity contribution >= 4 is 45.5 Å². The number of nitrogens with zero attached hydrogens (tertiary/aromatic N) is 2. The summed E-state index contributed by atoms with van der Waals surface area (Å²) in [5.74, 6) is -0.132. The highest BCUT2D eigenvalue weighted by Gasteiger charge is 2.18. The number of fused-ring (bicyclic) bond motifs is 1. The van der Waals surface area contributed by atoms with Gasteiger partial charge in [0.25, 0.3) is 0 Å². The summed E-state index contributed by atoms with van der Waals surface area (Å²) in [6.45, 7) is 6.05. The number of amides is 1. The Balaban J connectivity index is 1.59. The van der Waals surface area contributed by atoms with Gasteiger partial charge in [0, 0.05) is 12.1 Å². The third-order valence-electron chi connectivity index (χ3n) is 5.38. The van der Waals surface area contributed by atoms with Gasteiger partial charge < -0.3 is 5.32 Å². The first kappa shape index (κ1) is 22.0. The van der Waals surface area contributed by atoms with Gasteiger partial charge in [-0.1, -0.05) is 30.3 Å². The molecule has 0 spiro atoms. The quantitative estimate of drug-likeness (QED) is 0.487. The van der Waals surface area contributed by atoms with Crippen LogP contribution in [0.5, 0.6) is 0 Å². The lowest BCUT2D eigenvalue weighted by atomic mass is 10.1. The first-order chi connectivity index (χ1) is 15.4. The number of carbonyl (C=O) groups excluding carboxylic acids is 1. The van der Waals surface area contributed by atoms with Gasteiger partial charge in [-0.3, -0.25) is 9.79 Å². The molecule has 1 aliphatic heterocycles. The minimum absolute atomic E-state index is 0.0863. The molecule has 0 saturated heterocycles. The molecular formula is C26H24FN3OS. The molecule has 3 aromatic rings. The zero-order valence-electron chi connectivity index (χ0n) is 18.3. The van der Waals surface area contributed by atoms with Crippen LogP contribution < -0.4 is 5.32 Å². The number of aliphatic imine (C=N–C) groups is 2. The number of aryl methyl sites for hydroxylation is 3. The van der Waals surface area contributed by atoms with E-state index in [4.69, 9.17) is 9.98 Å². The van der Waals surface area contributed by atoms with Crippen LogP contribution in [-0.4, -0.2) is 22.4 Å². The Morgan fingerprint density at radius 1 is 0.938 bits per heavy atom. The van der Waals surface area contributed by atoms with Crippen molar-refractivity contribution in [2.24, 2.45) is 9.98 Å². The standard InChI is InChI=1S/C26H24FN3OS/c1-16-6-4-5-7-21(16)29-25(31)15-32-26-14-22(19-8-10-20(27)11-9-19)28-23-12-17(2)18(3)13-24(23)30-26/h4-13H,14-15H2,1-3H3,(H,29,31). The van der Waals surface area contributed by atoms with E-state index in [0.717, 1.165) is 50.1 Å². The minimum Gasteiger partial charge on any atom is -0.325 e. The summed E-state index contributed by atoms with van der Waals surface area (Å²) in [6, 6.07) is 18.1. The van der Waals surface area contributed by atoms with Crippen LogP contribution in [0.4, 0.5) is 21.5 Å². The topological polar surface area (TPSA) is 53.8 Å². The number of hydrogen-bond acceptors (Lipinski definition) is 4. The van der Waals surface area contributed by atoms with Crippen molar-refractivity contribution < 1.29 is 9.18 Å². The summed E-state index contributed by atoms with van der Waals surface area (Å²) in [6.07, 6.45) is 0.473. The van der Waals surface area contributed by atoms with Crippen LogP contribution in [0.15, 0.2) is 70.6 Å². The minimum atomic E-state index is -0.286. The third kappa shape index (κ3) is 5.14. The van der Waals surface area contributed by atoms with Crippen molar-refractivity contribution in [3.05, 3.63) is 88.7 Å². The summed E-state index contributed by atoms with van der Waals surface area (Å²) in [4.78, 5) is 22.3. The SMILES string of the molecule is Cc1cc2c(cc1C)N=C(c1ccc(F)cc1)CC(SCC(=O)Nc1ccccc1C)=N2. The molecule has 0 radical (unpaired) electrons. The molecule has 0 aromatic heterocycles. The molecule has 6 heteroatoms. The summed E-state index contributed by atoms with van der Waals surface area (Å²) in [5.41, 5.74) is 7.31. The van der Waals surface area contributed by atoms with Gasteiger partial charge in [-0.15, -0.1) is 11.8 Å². The number of para-hydroxylation sites is 1. The molecule has 4 rings (SSSR count). The van der Waals surface area contributed by atoms with Crippen LogP contribution >= 0.6 is 11.8 Å². The van der Waals surface area contributed by atoms with E-state index in [9.17, 15) is 9.18 Å². The van der Waals surface area contributed by atoms with E-state index in [1.165, 1.54) is 23.9 Å². The number of nitrogens with one attached hydrogen (secondary N) is 1. The summed E-state index contributed by atoms with van der Waals surface area (Å²) >= 11 is 1.40. The number of anilines is 1. The number of rotatable bonds is 4. The molecule has 4 nitrogen and oxygen atoms in total. The Kier molecular flexibility index (Phi) is 6.51. The second-order valence-electron chi connectivity index (χ2n) is 7.82. The number of hydrogen-bond donors (Lipinski definition) is 1. The fourth-order valence-electron chi connectivity index (χ4n) is 3.41. The molecule has 32 heavy (non-hydrogen) atoms. The van der Waals surface area contributed by atoms with Crippen LogP contribution in [0.2, 0.25) is 0 Å². The molecule has 0 bridgehead atoms. The molecule has 0 fully saturated rings. The molecular weight excluding hydrogens is 421 g/mol. The maximum Gasteiger partial charge on any atom is 0.234 e. The Hall–Kier alpha value is -3.25. The molecule has 0 saturated carbocycles. The van der Waals surface area contributed by atoms with Gasteiger partial charge in [-0.25, -0.2) is 9.38 Å². The molecule has 1 N–H and O–H groups in total. The summed E-state index contributed by atoms with van der Waals surface area (Å²) in [5, 5.41) is 3.76. The average Bonchev–Trinajstić information content (AvgIpc) is 2.94. The van der Waals surface area contributed by atoms with Gasteiger partial charge >= 0.3 is 0 Å². The molecule has 3 aromatic carbocycles. The van der Waals surface area contributed by atoms with Gasteiger partial charge in [-0.05, 0) is 73.4 Å². The number of thioether (sulfide) groups is 1. The normalized spacial score (nSPS) is 13.0. The average molecular weight is 446 g/mol. The molecule has 162 valence electrons. The lowest BCUT2D eigenvalue weighted by molar-refractivity contribution is -0.113. The Morgan fingerprint density at radius 3 is 2.28 bits per heavy atom. The largest absolute Gasteiger partial charge is 0.325 e. The lowest BCUT2D eigenvalue weighted by Crippen LogP contribution is -2.16. The molecule has 1 heterocycles. The maximum absolute atomic E-state index is 13.5. The van der Waals surface area contributed by atoms with Gasteiger partial charge in [0.1, 0.15) is 5.82 Å². The van der Waals surface area contributed by atoms with Gasteiger partial charge in [0.15, 0.2) is 0 Å². The van der Waals surface area contributed by atoms with E-state index in [1.54, 1.807) is 12.1 Å². The van der Waals surface area contributed by atoms with Crippen molar-refractivity contribution in [3.8, 4) is 0 Å². The molecule has 1 aliphatic rings. The van der Waals surface area contributed by atoms with Crippen LogP contribution in [0.3, 0.4) is 0 Å².